The Balaban J connectivity index is 1.61. The van der Waals surface area contributed by atoms with Gasteiger partial charge in [0.15, 0.2) is 0 Å². The Morgan fingerprint density at radius 3 is 2.93 bits per heavy atom. The maximum Gasteiger partial charge on any atom is 0.274 e. The van der Waals surface area contributed by atoms with Crippen LogP contribution in [-0.2, 0) is 6.54 Å². The first-order valence-corrected chi connectivity index (χ1v) is 9.51. The van der Waals surface area contributed by atoms with E-state index in [0.717, 1.165) is 42.5 Å². The summed E-state index contributed by atoms with van der Waals surface area (Å²) in [5.74, 6) is 0.657. The number of imidazole rings is 1. The minimum atomic E-state index is -0.171. The fourth-order valence-corrected chi connectivity index (χ4v) is 3.60. The van der Waals surface area contributed by atoms with Crippen molar-refractivity contribution in [2.45, 2.75) is 45.2 Å². The predicted molar refractivity (Wildman–Crippen MR) is 103 cm³/mol. The Kier molecular flexibility index (Phi) is 4.75. The number of benzene rings is 1. The van der Waals surface area contributed by atoms with Crippen molar-refractivity contribution in [3.8, 4) is 0 Å². The zero-order valence-electron chi connectivity index (χ0n) is 15.4. The maximum atomic E-state index is 13.1. The number of nitrogens with zero attached hydrogens (tertiary/aromatic N) is 4. The minimum Gasteiger partial charge on any atom is -0.340 e. The Bertz CT molecular complexity index is 989. The molecule has 2 aromatic heterocycles. The smallest absolute Gasteiger partial charge is 0.274 e. The van der Waals surface area contributed by atoms with Gasteiger partial charge in [-0.3, -0.25) is 9.59 Å². The highest BCUT2D eigenvalue weighted by molar-refractivity contribution is 5.92. The molecule has 7 heteroatoms. The van der Waals surface area contributed by atoms with E-state index in [1.54, 1.807) is 0 Å². The molecule has 1 aliphatic rings. The van der Waals surface area contributed by atoms with Crippen LogP contribution < -0.4 is 5.56 Å². The van der Waals surface area contributed by atoms with E-state index in [1.807, 2.05) is 29.2 Å². The summed E-state index contributed by atoms with van der Waals surface area (Å²) in [6, 6.07) is 10.7. The first-order chi connectivity index (χ1) is 13.2. The third kappa shape index (κ3) is 3.37. The number of hydrogen-bond donors (Lipinski definition) is 1. The molecule has 1 aromatic carbocycles. The molecular weight excluding hydrogens is 342 g/mol. The number of nitrogens with one attached hydrogen (secondary N) is 1. The molecule has 1 N–H and O–H groups in total. The van der Waals surface area contributed by atoms with Crippen LogP contribution in [-0.4, -0.2) is 37.1 Å². The fourth-order valence-electron chi connectivity index (χ4n) is 3.60. The first-order valence-electron chi connectivity index (χ1n) is 9.51. The van der Waals surface area contributed by atoms with Crippen molar-refractivity contribution in [3.05, 3.63) is 58.3 Å². The summed E-state index contributed by atoms with van der Waals surface area (Å²) in [5.41, 5.74) is 2.01. The lowest BCUT2D eigenvalue weighted by molar-refractivity contribution is 0.0721. The van der Waals surface area contributed by atoms with E-state index >= 15 is 0 Å². The standard InChI is InChI=1S/C20H23N5O2/c1-2-3-13-25-18(26)11-10-16(23-25)20(27)24-12-6-9-17(24)19-21-14-7-4-5-8-15(14)22-19/h4-5,7-8,10-11,17H,2-3,6,9,12-13H2,1H3,(H,21,22)/t17-/m1/s1. The topological polar surface area (TPSA) is 83.9 Å². The molecule has 1 atom stereocenters. The lowest BCUT2D eigenvalue weighted by atomic mass is 10.2. The molecule has 3 aromatic rings. The number of aromatic amines is 1. The van der Waals surface area contributed by atoms with Crippen molar-refractivity contribution in [3.63, 3.8) is 0 Å². The Morgan fingerprint density at radius 2 is 2.11 bits per heavy atom. The molecule has 3 heterocycles. The summed E-state index contributed by atoms with van der Waals surface area (Å²) in [6.07, 6.45) is 3.60. The van der Waals surface area contributed by atoms with E-state index in [1.165, 1.54) is 16.8 Å². The SMILES string of the molecule is CCCCn1nc(C(=O)N2CCC[C@@H]2c2nc3ccccc3[nH]2)ccc1=O. The number of fused-ring (bicyclic) bond motifs is 1. The van der Waals surface area contributed by atoms with Gasteiger partial charge in [0.2, 0.25) is 0 Å². The molecule has 1 saturated heterocycles. The van der Waals surface area contributed by atoms with Crippen LogP contribution in [0, 0.1) is 0 Å². The second kappa shape index (κ2) is 7.34. The van der Waals surface area contributed by atoms with Gasteiger partial charge in [0, 0.05) is 19.2 Å². The van der Waals surface area contributed by atoms with E-state index in [0.29, 0.717) is 18.8 Å². The third-order valence-corrected chi connectivity index (χ3v) is 5.05. The molecule has 0 radical (unpaired) electrons. The molecule has 0 saturated carbocycles. The van der Waals surface area contributed by atoms with Crippen molar-refractivity contribution < 1.29 is 4.79 Å². The van der Waals surface area contributed by atoms with Gasteiger partial charge in [-0.25, -0.2) is 9.67 Å². The zero-order chi connectivity index (χ0) is 18.8. The van der Waals surface area contributed by atoms with Crippen LogP contribution in [0.3, 0.4) is 0 Å². The Labute approximate surface area is 157 Å². The molecule has 0 unspecified atom stereocenters. The highest BCUT2D eigenvalue weighted by Crippen LogP contribution is 2.32. The summed E-state index contributed by atoms with van der Waals surface area (Å²) >= 11 is 0. The number of likely N-dealkylation sites (tertiary alicyclic amines) is 1. The second-order valence-electron chi connectivity index (χ2n) is 6.93. The van der Waals surface area contributed by atoms with E-state index in [-0.39, 0.29) is 17.5 Å². The minimum absolute atomic E-state index is 0.0947. The molecule has 1 aliphatic heterocycles. The first kappa shape index (κ1) is 17.5. The van der Waals surface area contributed by atoms with Gasteiger partial charge >= 0.3 is 0 Å². The average Bonchev–Trinajstić information content (AvgIpc) is 3.33. The predicted octanol–water partition coefficient (Wildman–Crippen LogP) is 2.90. The fraction of sp³-hybridized carbons (Fsp3) is 0.400. The molecule has 1 amide bonds. The molecule has 1 fully saturated rings. The van der Waals surface area contributed by atoms with Crippen LogP contribution in [0.5, 0.6) is 0 Å². The average molecular weight is 365 g/mol. The van der Waals surface area contributed by atoms with Crippen LogP contribution in [0.4, 0.5) is 0 Å². The number of aryl methyl sites for hydroxylation is 1. The molecule has 0 spiro atoms. The number of rotatable bonds is 5. The summed E-state index contributed by atoms with van der Waals surface area (Å²) < 4.78 is 1.39. The van der Waals surface area contributed by atoms with Gasteiger partial charge < -0.3 is 9.88 Å². The summed E-state index contributed by atoms with van der Waals surface area (Å²) in [7, 11) is 0. The van der Waals surface area contributed by atoms with Gasteiger partial charge in [0.1, 0.15) is 11.5 Å². The molecule has 0 aliphatic carbocycles. The quantitative estimate of drug-likeness (QED) is 0.753. The van der Waals surface area contributed by atoms with Gasteiger partial charge in [0.25, 0.3) is 11.5 Å². The largest absolute Gasteiger partial charge is 0.340 e. The summed E-state index contributed by atoms with van der Waals surface area (Å²) in [4.78, 5) is 34.9. The van der Waals surface area contributed by atoms with Crippen molar-refractivity contribution in [1.29, 1.82) is 0 Å². The van der Waals surface area contributed by atoms with Crippen molar-refractivity contribution >= 4 is 16.9 Å². The van der Waals surface area contributed by atoms with E-state index in [4.69, 9.17) is 0 Å². The molecule has 140 valence electrons. The van der Waals surface area contributed by atoms with Crippen LogP contribution in [0.1, 0.15) is 55.0 Å². The lowest BCUT2D eigenvalue weighted by Crippen LogP contribution is -2.34. The maximum absolute atomic E-state index is 13.1. The van der Waals surface area contributed by atoms with E-state index < -0.39 is 0 Å². The van der Waals surface area contributed by atoms with Crippen molar-refractivity contribution in [2.75, 3.05) is 6.54 Å². The number of para-hydroxylation sites is 2. The monoisotopic (exact) mass is 365 g/mol. The number of H-pyrrole nitrogens is 1. The molecule has 27 heavy (non-hydrogen) atoms. The summed E-state index contributed by atoms with van der Waals surface area (Å²) in [5, 5.41) is 4.31. The second-order valence-corrected chi connectivity index (χ2v) is 6.93. The number of carbonyl (C=O) groups is 1. The van der Waals surface area contributed by atoms with Gasteiger partial charge in [-0.1, -0.05) is 25.5 Å². The number of aromatic nitrogens is 4. The van der Waals surface area contributed by atoms with Crippen LogP contribution in [0.15, 0.2) is 41.2 Å². The summed E-state index contributed by atoms with van der Waals surface area (Å²) in [6.45, 7) is 3.25. The number of amides is 1. The van der Waals surface area contributed by atoms with Crippen LogP contribution in [0.25, 0.3) is 11.0 Å². The molecule has 4 rings (SSSR count). The lowest BCUT2D eigenvalue weighted by Gasteiger charge is -2.23. The zero-order valence-corrected chi connectivity index (χ0v) is 15.4. The van der Waals surface area contributed by atoms with Gasteiger partial charge in [0.05, 0.1) is 17.1 Å². The van der Waals surface area contributed by atoms with Crippen LogP contribution >= 0.6 is 0 Å². The molecule has 0 bridgehead atoms. The van der Waals surface area contributed by atoms with Crippen molar-refractivity contribution in [2.24, 2.45) is 0 Å². The third-order valence-electron chi connectivity index (χ3n) is 5.05. The Morgan fingerprint density at radius 1 is 1.26 bits per heavy atom. The highest BCUT2D eigenvalue weighted by atomic mass is 16.2. The van der Waals surface area contributed by atoms with Gasteiger partial charge in [-0.15, -0.1) is 0 Å². The Hall–Kier alpha value is -2.96. The molecular formula is C20H23N5O2. The van der Waals surface area contributed by atoms with Crippen molar-refractivity contribution in [1.82, 2.24) is 24.6 Å². The van der Waals surface area contributed by atoms with Gasteiger partial charge in [-0.2, -0.15) is 5.10 Å². The van der Waals surface area contributed by atoms with E-state index in [2.05, 4.69) is 22.0 Å². The number of carbonyl (C=O) groups excluding carboxylic acids is 1. The highest BCUT2D eigenvalue weighted by Gasteiger charge is 2.33. The van der Waals surface area contributed by atoms with Gasteiger partial charge in [-0.05, 0) is 37.5 Å². The van der Waals surface area contributed by atoms with E-state index in [9.17, 15) is 9.59 Å². The van der Waals surface area contributed by atoms with Crippen LogP contribution in [0.2, 0.25) is 0 Å². The number of unbranched alkanes of at least 4 members (excludes halogenated alkanes) is 1. The molecule has 7 nitrogen and oxygen atoms in total. The normalized spacial score (nSPS) is 16.9. The number of hydrogen-bond acceptors (Lipinski definition) is 4.